The molecule has 2 aromatic carbocycles. The largest absolute Gasteiger partial charge is 0.493 e. The van der Waals surface area contributed by atoms with Gasteiger partial charge < -0.3 is 24.4 Å². The van der Waals surface area contributed by atoms with E-state index < -0.39 is 0 Å². The van der Waals surface area contributed by atoms with Gasteiger partial charge in [0, 0.05) is 6.54 Å². The minimum Gasteiger partial charge on any atom is -0.493 e. The molecule has 0 saturated carbocycles. The van der Waals surface area contributed by atoms with Crippen LogP contribution < -0.4 is 14.8 Å². The van der Waals surface area contributed by atoms with E-state index >= 15 is 0 Å². The number of methoxy groups -OCH3 is 2. The van der Waals surface area contributed by atoms with Crippen LogP contribution in [0.4, 0.5) is 0 Å². The molecule has 1 fully saturated rings. The SMILES string of the molecule is COc1ccc(CC(=O)NCC(=O)N2CCOC(c3ccccc3)C2)cc1OC. The predicted octanol–water partition coefficient (Wildman–Crippen LogP) is 1.96. The Hall–Kier alpha value is -3.06. The van der Waals surface area contributed by atoms with Crippen LogP contribution in [0, 0.1) is 0 Å². The molecule has 29 heavy (non-hydrogen) atoms. The third-order valence-corrected chi connectivity index (χ3v) is 4.84. The number of hydrogen-bond donors (Lipinski definition) is 1. The number of morpholine rings is 1. The Balaban J connectivity index is 1.50. The fraction of sp³-hybridized carbons (Fsp3) is 0.364. The van der Waals surface area contributed by atoms with E-state index in [9.17, 15) is 9.59 Å². The highest BCUT2D eigenvalue weighted by molar-refractivity contribution is 5.86. The van der Waals surface area contributed by atoms with Crippen LogP contribution in [-0.4, -0.2) is 57.2 Å². The van der Waals surface area contributed by atoms with E-state index in [1.807, 2.05) is 30.3 Å². The average Bonchev–Trinajstić information content (AvgIpc) is 2.78. The number of nitrogens with one attached hydrogen (secondary N) is 1. The number of nitrogens with zero attached hydrogens (tertiary/aromatic N) is 1. The molecule has 1 heterocycles. The maximum absolute atomic E-state index is 12.5. The average molecular weight is 398 g/mol. The Morgan fingerprint density at radius 1 is 1.10 bits per heavy atom. The molecule has 1 N–H and O–H groups in total. The van der Waals surface area contributed by atoms with Crippen molar-refractivity contribution in [2.24, 2.45) is 0 Å². The monoisotopic (exact) mass is 398 g/mol. The molecule has 2 aromatic rings. The maximum Gasteiger partial charge on any atom is 0.242 e. The minimum atomic E-state index is -0.224. The van der Waals surface area contributed by atoms with Crippen molar-refractivity contribution in [2.45, 2.75) is 12.5 Å². The number of hydrogen-bond acceptors (Lipinski definition) is 5. The van der Waals surface area contributed by atoms with Crippen molar-refractivity contribution in [2.75, 3.05) is 40.5 Å². The molecule has 7 nitrogen and oxygen atoms in total. The minimum absolute atomic E-state index is 0.0341. The van der Waals surface area contributed by atoms with E-state index in [0.29, 0.717) is 31.2 Å². The van der Waals surface area contributed by atoms with Crippen molar-refractivity contribution < 1.29 is 23.8 Å². The van der Waals surface area contributed by atoms with Crippen LogP contribution in [0.15, 0.2) is 48.5 Å². The first-order chi connectivity index (χ1) is 14.1. The van der Waals surface area contributed by atoms with Gasteiger partial charge in [0.15, 0.2) is 11.5 Å². The molecular weight excluding hydrogens is 372 g/mol. The van der Waals surface area contributed by atoms with Gasteiger partial charge in [-0.2, -0.15) is 0 Å². The lowest BCUT2D eigenvalue weighted by Crippen LogP contribution is -2.46. The molecule has 3 rings (SSSR count). The van der Waals surface area contributed by atoms with E-state index in [4.69, 9.17) is 14.2 Å². The summed E-state index contributed by atoms with van der Waals surface area (Å²) in [6.45, 7) is 1.45. The molecule has 1 aliphatic heterocycles. The van der Waals surface area contributed by atoms with E-state index in [-0.39, 0.29) is 30.9 Å². The van der Waals surface area contributed by atoms with Gasteiger partial charge in [-0.15, -0.1) is 0 Å². The van der Waals surface area contributed by atoms with Crippen molar-refractivity contribution in [1.29, 1.82) is 0 Å². The Morgan fingerprint density at radius 3 is 2.59 bits per heavy atom. The first-order valence-corrected chi connectivity index (χ1v) is 9.52. The van der Waals surface area contributed by atoms with Gasteiger partial charge in [-0.3, -0.25) is 9.59 Å². The molecule has 7 heteroatoms. The van der Waals surface area contributed by atoms with Crippen LogP contribution >= 0.6 is 0 Å². The lowest BCUT2D eigenvalue weighted by Gasteiger charge is -2.33. The van der Waals surface area contributed by atoms with Gasteiger partial charge in [0.2, 0.25) is 11.8 Å². The summed E-state index contributed by atoms with van der Waals surface area (Å²) in [5, 5.41) is 2.71. The quantitative estimate of drug-likeness (QED) is 0.772. The first-order valence-electron chi connectivity index (χ1n) is 9.52. The van der Waals surface area contributed by atoms with Crippen LogP contribution in [0.2, 0.25) is 0 Å². The van der Waals surface area contributed by atoms with E-state index in [0.717, 1.165) is 11.1 Å². The molecule has 0 bridgehead atoms. The molecule has 0 aliphatic carbocycles. The van der Waals surface area contributed by atoms with Crippen molar-refractivity contribution in [3.05, 3.63) is 59.7 Å². The van der Waals surface area contributed by atoms with E-state index in [2.05, 4.69) is 5.32 Å². The summed E-state index contributed by atoms with van der Waals surface area (Å²) >= 11 is 0. The van der Waals surface area contributed by atoms with Crippen molar-refractivity contribution in [1.82, 2.24) is 10.2 Å². The summed E-state index contributed by atoms with van der Waals surface area (Å²) in [6.07, 6.45) is 0.0139. The predicted molar refractivity (Wildman–Crippen MR) is 108 cm³/mol. The topological polar surface area (TPSA) is 77.1 Å². The van der Waals surface area contributed by atoms with Crippen LogP contribution in [0.1, 0.15) is 17.2 Å². The van der Waals surface area contributed by atoms with Crippen molar-refractivity contribution in [3.63, 3.8) is 0 Å². The third kappa shape index (κ3) is 5.48. The standard InChI is InChI=1S/C22H26N2O5/c1-27-18-9-8-16(12-19(18)28-2)13-21(25)23-14-22(26)24-10-11-29-20(15-24)17-6-4-3-5-7-17/h3-9,12,20H,10-11,13-15H2,1-2H3,(H,23,25). The molecule has 1 unspecified atom stereocenters. The highest BCUT2D eigenvalue weighted by Crippen LogP contribution is 2.27. The lowest BCUT2D eigenvalue weighted by atomic mass is 10.1. The highest BCUT2D eigenvalue weighted by Gasteiger charge is 2.25. The Morgan fingerprint density at radius 2 is 1.86 bits per heavy atom. The number of carbonyl (C=O) groups is 2. The maximum atomic E-state index is 12.5. The molecule has 0 aromatic heterocycles. The van der Waals surface area contributed by atoms with Gasteiger partial charge in [0.05, 0.1) is 40.3 Å². The summed E-state index contributed by atoms with van der Waals surface area (Å²) in [5.41, 5.74) is 1.82. The smallest absolute Gasteiger partial charge is 0.242 e. The second-order valence-electron chi connectivity index (χ2n) is 6.75. The molecular formula is C22H26N2O5. The second-order valence-corrected chi connectivity index (χ2v) is 6.75. The summed E-state index contributed by atoms with van der Waals surface area (Å²) in [5.74, 6) is 0.828. The number of ether oxygens (including phenoxy) is 3. The number of carbonyl (C=O) groups excluding carboxylic acids is 2. The van der Waals surface area contributed by atoms with Gasteiger partial charge in [0.25, 0.3) is 0 Å². The summed E-state index contributed by atoms with van der Waals surface area (Å²) in [7, 11) is 3.11. The zero-order valence-corrected chi connectivity index (χ0v) is 16.7. The summed E-state index contributed by atoms with van der Waals surface area (Å²) < 4.78 is 16.2. The second kappa shape index (κ2) is 9.93. The number of rotatable bonds is 7. The molecule has 1 saturated heterocycles. The molecule has 1 aliphatic rings. The fourth-order valence-corrected chi connectivity index (χ4v) is 3.27. The fourth-order valence-electron chi connectivity index (χ4n) is 3.27. The van der Waals surface area contributed by atoms with Gasteiger partial charge >= 0.3 is 0 Å². The van der Waals surface area contributed by atoms with Crippen molar-refractivity contribution >= 4 is 11.8 Å². The molecule has 0 spiro atoms. The van der Waals surface area contributed by atoms with Crippen LogP contribution in [0.25, 0.3) is 0 Å². The van der Waals surface area contributed by atoms with Crippen molar-refractivity contribution in [3.8, 4) is 11.5 Å². The van der Waals surface area contributed by atoms with Gasteiger partial charge in [-0.05, 0) is 23.3 Å². The molecule has 154 valence electrons. The molecule has 1 atom stereocenters. The zero-order chi connectivity index (χ0) is 20.6. The summed E-state index contributed by atoms with van der Waals surface area (Å²) in [4.78, 5) is 26.5. The number of amides is 2. The normalized spacial score (nSPS) is 16.2. The first kappa shape index (κ1) is 20.7. The van der Waals surface area contributed by atoms with Gasteiger partial charge in [-0.1, -0.05) is 36.4 Å². The molecule has 2 amide bonds. The Bertz CT molecular complexity index is 840. The lowest BCUT2D eigenvalue weighted by molar-refractivity contribution is -0.139. The zero-order valence-electron chi connectivity index (χ0n) is 16.7. The summed E-state index contributed by atoms with van der Waals surface area (Å²) in [6, 6.07) is 15.1. The van der Waals surface area contributed by atoms with Crippen LogP contribution in [0.3, 0.4) is 0 Å². The van der Waals surface area contributed by atoms with Crippen LogP contribution in [0.5, 0.6) is 11.5 Å². The van der Waals surface area contributed by atoms with E-state index in [1.165, 1.54) is 0 Å². The van der Waals surface area contributed by atoms with Gasteiger partial charge in [0.1, 0.15) is 6.10 Å². The highest BCUT2D eigenvalue weighted by atomic mass is 16.5. The van der Waals surface area contributed by atoms with Crippen LogP contribution in [-0.2, 0) is 20.7 Å². The Labute approximate surface area is 170 Å². The molecule has 0 radical (unpaired) electrons. The van der Waals surface area contributed by atoms with E-state index in [1.54, 1.807) is 37.3 Å². The third-order valence-electron chi connectivity index (χ3n) is 4.84. The Kier molecular flexibility index (Phi) is 7.08. The number of benzene rings is 2. The van der Waals surface area contributed by atoms with Gasteiger partial charge in [-0.25, -0.2) is 0 Å².